The zero-order valence-electron chi connectivity index (χ0n) is 20.9. The van der Waals surface area contributed by atoms with Crippen molar-refractivity contribution in [3.63, 3.8) is 0 Å². The molecule has 0 unspecified atom stereocenters. The van der Waals surface area contributed by atoms with Crippen LogP contribution in [0.3, 0.4) is 0 Å². The molecule has 0 spiro atoms. The fourth-order valence-corrected chi connectivity index (χ4v) is 5.02. The topological polar surface area (TPSA) is 86.8 Å². The second kappa shape index (κ2) is 12.8. The zero-order chi connectivity index (χ0) is 29.0. The van der Waals surface area contributed by atoms with Gasteiger partial charge >= 0.3 is 6.18 Å². The fraction of sp³-hybridized carbons (Fsp3) is 0.417. The molecule has 2 amide bonds. The van der Waals surface area contributed by atoms with Gasteiger partial charge in [-0.2, -0.15) is 13.2 Å². The maximum atomic E-state index is 13.6. The number of halogens is 6. The highest BCUT2D eigenvalue weighted by molar-refractivity contribution is 7.92. The molecule has 0 aliphatic heterocycles. The average molecular weight is 617 g/mol. The number of nitrogens with zero attached hydrogens (tertiary/aromatic N) is 2. The molecule has 0 radical (unpaired) electrons. The minimum atomic E-state index is -4.79. The number of amides is 2. The Morgan fingerprint density at radius 2 is 1.61 bits per heavy atom. The lowest BCUT2D eigenvalue weighted by Crippen LogP contribution is -2.52. The highest BCUT2D eigenvalue weighted by atomic mass is 35.5. The maximum absolute atomic E-state index is 13.6. The molecule has 0 bridgehead atoms. The van der Waals surface area contributed by atoms with Crippen LogP contribution in [0.2, 0.25) is 15.1 Å². The molecule has 0 heterocycles. The molecular formula is C24H27Cl3F3N3O4S. The predicted molar refractivity (Wildman–Crippen MR) is 143 cm³/mol. The molecule has 14 heteroatoms. The van der Waals surface area contributed by atoms with E-state index >= 15 is 0 Å². The van der Waals surface area contributed by atoms with Gasteiger partial charge in [-0.1, -0.05) is 47.8 Å². The lowest BCUT2D eigenvalue weighted by molar-refractivity contribution is -0.139. The normalized spacial score (nSPS) is 13.5. The van der Waals surface area contributed by atoms with Gasteiger partial charge in [0, 0.05) is 28.2 Å². The Bertz CT molecular complexity index is 1270. The molecule has 210 valence electrons. The fourth-order valence-electron chi connectivity index (χ4n) is 3.38. The molecule has 0 aliphatic carbocycles. The number of hydrogen-bond donors (Lipinski definition) is 1. The molecule has 1 N–H and O–H groups in total. The minimum absolute atomic E-state index is 0.200. The first kappa shape index (κ1) is 32.0. The lowest BCUT2D eigenvalue weighted by Gasteiger charge is -2.32. The van der Waals surface area contributed by atoms with Crippen LogP contribution in [0, 0.1) is 0 Å². The van der Waals surface area contributed by atoms with Crippen LogP contribution in [0.5, 0.6) is 0 Å². The van der Waals surface area contributed by atoms with E-state index in [9.17, 15) is 31.2 Å². The molecule has 0 fully saturated rings. The number of hydrogen-bond acceptors (Lipinski definition) is 4. The number of benzene rings is 2. The molecule has 2 aromatic carbocycles. The Hall–Kier alpha value is -2.21. The van der Waals surface area contributed by atoms with E-state index in [4.69, 9.17) is 34.8 Å². The first-order valence-electron chi connectivity index (χ1n) is 11.3. The van der Waals surface area contributed by atoms with Gasteiger partial charge in [-0.3, -0.25) is 13.9 Å². The monoisotopic (exact) mass is 615 g/mol. The standard InChI is InChI=1S/C24H27Cl3F3N3O4S/c1-5-14(2)31-23(35)15(3)32(12-17-18(25)7-6-8-19(17)26)22(34)13-33(38(4,36)37)21-11-16(24(28,29)30)9-10-20(21)27/h6-11,14-15H,5,12-13H2,1-4H3,(H,31,35)/t14-,15-/m0/s1. The number of nitrogens with one attached hydrogen (secondary N) is 1. The summed E-state index contributed by atoms with van der Waals surface area (Å²) < 4.78 is 65.8. The number of sulfonamides is 1. The molecule has 7 nitrogen and oxygen atoms in total. The average Bonchev–Trinajstić information content (AvgIpc) is 2.80. The van der Waals surface area contributed by atoms with Crippen molar-refractivity contribution in [2.45, 2.75) is 52.0 Å². The first-order chi connectivity index (χ1) is 17.5. The maximum Gasteiger partial charge on any atom is 0.416 e. The molecule has 2 aromatic rings. The van der Waals surface area contributed by atoms with Crippen LogP contribution in [0.15, 0.2) is 36.4 Å². The van der Waals surface area contributed by atoms with Gasteiger partial charge in [0.2, 0.25) is 21.8 Å². The predicted octanol–water partition coefficient (Wildman–Crippen LogP) is 5.76. The van der Waals surface area contributed by atoms with Crippen LogP contribution >= 0.6 is 34.8 Å². The van der Waals surface area contributed by atoms with Crippen molar-refractivity contribution in [1.29, 1.82) is 0 Å². The summed E-state index contributed by atoms with van der Waals surface area (Å²) in [5, 5.41) is 2.83. The Kier molecular flexibility index (Phi) is 10.7. The van der Waals surface area contributed by atoms with Crippen LogP contribution in [0.25, 0.3) is 0 Å². The van der Waals surface area contributed by atoms with Crippen molar-refractivity contribution >= 4 is 62.3 Å². The second-order valence-electron chi connectivity index (χ2n) is 8.65. The summed E-state index contributed by atoms with van der Waals surface area (Å²) in [5.41, 5.74) is -1.39. The third-order valence-corrected chi connectivity index (χ3v) is 7.93. The highest BCUT2D eigenvalue weighted by Crippen LogP contribution is 2.36. The van der Waals surface area contributed by atoms with E-state index in [2.05, 4.69) is 5.32 Å². The molecule has 2 atom stereocenters. The molecule has 0 aliphatic rings. The van der Waals surface area contributed by atoms with Gasteiger partial charge in [-0.25, -0.2) is 8.42 Å². The molecule has 0 aromatic heterocycles. The van der Waals surface area contributed by atoms with Gasteiger partial charge in [-0.15, -0.1) is 0 Å². The molecular weight excluding hydrogens is 590 g/mol. The summed E-state index contributed by atoms with van der Waals surface area (Å²) in [5.74, 6) is -1.43. The van der Waals surface area contributed by atoms with E-state index in [-0.39, 0.29) is 27.7 Å². The molecule has 38 heavy (non-hydrogen) atoms. The van der Waals surface area contributed by atoms with E-state index in [0.29, 0.717) is 28.4 Å². The van der Waals surface area contributed by atoms with Crippen molar-refractivity contribution in [3.05, 3.63) is 62.6 Å². The van der Waals surface area contributed by atoms with Gasteiger partial charge in [0.15, 0.2) is 0 Å². The summed E-state index contributed by atoms with van der Waals surface area (Å²) in [4.78, 5) is 27.6. The van der Waals surface area contributed by atoms with Crippen LogP contribution in [0.1, 0.15) is 38.3 Å². The Morgan fingerprint density at radius 3 is 2.11 bits per heavy atom. The summed E-state index contributed by atoms with van der Waals surface area (Å²) >= 11 is 18.6. The van der Waals surface area contributed by atoms with Crippen LogP contribution in [0.4, 0.5) is 18.9 Å². The van der Waals surface area contributed by atoms with E-state index in [0.717, 1.165) is 17.2 Å². The van der Waals surface area contributed by atoms with E-state index in [1.807, 2.05) is 6.92 Å². The van der Waals surface area contributed by atoms with Gasteiger partial charge < -0.3 is 10.2 Å². The second-order valence-corrected chi connectivity index (χ2v) is 11.8. The molecule has 0 saturated carbocycles. The Balaban J connectivity index is 2.55. The van der Waals surface area contributed by atoms with E-state index in [1.165, 1.54) is 19.1 Å². The molecule has 0 saturated heterocycles. The van der Waals surface area contributed by atoms with Crippen molar-refractivity contribution in [2.75, 3.05) is 17.1 Å². The largest absolute Gasteiger partial charge is 0.416 e. The SMILES string of the molecule is CC[C@H](C)NC(=O)[C@H](C)N(Cc1c(Cl)cccc1Cl)C(=O)CN(c1cc(C(F)(F)F)ccc1Cl)S(C)(=O)=O. The number of carbonyl (C=O) groups is 2. The summed E-state index contributed by atoms with van der Waals surface area (Å²) in [6.45, 7) is 3.83. The van der Waals surface area contributed by atoms with Crippen LogP contribution in [-0.4, -0.2) is 50.0 Å². The molecule has 2 rings (SSSR count). The first-order valence-corrected chi connectivity index (χ1v) is 14.3. The van der Waals surface area contributed by atoms with E-state index in [1.54, 1.807) is 13.0 Å². The van der Waals surface area contributed by atoms with Crippen molar-refractivity contribution in [3.8, 4) is 0 Å². The number of anilines is 1. The Morgan fingerprint density at radius 1 is 1.03 bits per heavy atom. The van der Waals surface area contributed by atoms with Crippen LogP contribution in [-0.2, 0) is 32.3 Å². The highest BCUT2D eigenvalue weighted by Gasteiger charge is 2.35. The van der Waals surface area contributed by atoms with Crippen molar-refractivity contribution in [1.82, 2.24) is 10.2 Å². The summed E-state index contributed by atoms with van der Waals surface area (Å²) in [6.07, 6.45) is -3.45. The van der Waals surface area contributed by atoms with Crippen LogP contribution < -0.4 is 9.62 Å². The summed E-state index contributed by atoms with van der Waals surface area (Å²) in [6, 6.07) is 5.43. The smallest absolute Gasteiger partial charge is 0.352 e. The lowest BCUT2D eigenvalue weighted by atomic mass is 10.1. The third-order valence-electron chi connectivity index (χ3n) is 5.78. The zero-order valence-corrected chi connectivity index (χ0v) is 24.0. The van der Waals surface area contributed by atoms with Gasteiger partial charge in [-0.05, 0) is 50.6 Å². The minimum Gasteiger partial charge on any atom is -0.352 e. The number of rotatable bonds is 10. The van der Waals surface area contributed by atoms with Crippen molar-refractivity contribution < 1.29 is 31.2 Å². The third kappa shape index (κ3) is 8.14. The van der Waals surface area contributed by atoms with Crippen molar-refractivity contribution in [2.24, 2.45) is 0 Å². The Labute approximate surface area is 234 Å². The van der Waals surface area contributed by atoms with E-state index < -0.39 is 51.9 Å². The quantitative estimate of drug-likeness (QED) is 0.368. The van der Waals surface area contributed by atoms with Gasteiger partial charge in [0.25, 0.3) is 0 Å². The number of alkyl halides is 3. The van der Waals surface area contributed by atoms with Gasteiger partial charge in [0.1, 0.15) is 12.6 Å². The number of carbonyl (C=O) groups excluding carboxylic acids is 2. The van der Waals surface area contributed by atoms with Gasteiger partial charge in [0.05, 0.1) is 22.5 Å². The summed E-state index contributed by atoms with van der Waals surface area (Å²) in [7, 11) is -4.31.